The molecule has 0 aromatic carbocycles. The van der Waals surface area contributed by atoms with E-state index in [0.29, 0.717) is 15.2 Å². The predicted octanol–water partition coefficient (Wildman–Crippen LogP) is 4.05. The third kappa shape index (κ3) is 4.02. The maximum Gasteiger partial charge on any atom is 0.412 e. The van der Waals surface area contributed by atoms with Gasteiger partial charge in [0.2, 0.25) is 0 Å². The second kappa shape index (κ2) is 5.06. The number of aryl methyl sites for hydroxylation is 1. The normalized spacial score (nSPS) is 11.1. The van der Waals surface area contributed by atoms with Crippen LogP contribution in [0.2, 0.25) is 5.02 Å². The van der Waals surface area contributed by atoms with Gasteiger partial charge >= 0.3 is 6.09 Å². The molecule has 6 heteroatoms. The number of amides is 1. The summed E-state index contributed by atoms with van der Waals surface area (Å²) in [5.41, 5.74) is 0.639. The fourth-order valence-corrected chi connectivity index (χ4v) is 1.52. The van der Waals surface area contributed by atoms with Crippen LogP contribution in [0.1, 0.15) is 26.5 Å². The highest BCUT2D eigenvalue weighted by molar-refractivity contribution is 7.71. The van der Waals surface area contributed by atoms with Gasteiger partial charge in [-0.05, 0) is 27.7 Å². The molecule has 94 valence electrons. The Morgan fingerprint density at radius 2 is 2.12 bits per heavy atom. The van der Waals surface area contributed by atoms with Gasteiger partial charge in [0.1, 0.15) is 5.60 Å². The SMILES string of the molecule is Cc1[nH]cc(NC(=O)OC(C)(C)C)c(=S)c1Cl. The minimum absolute atomic E-state index is 0.397. The predicted molar refractivity (Wildman–Crippen MR) is 71.2 cm³/mol. The molecule has 0 aliphatic heterocycles. The number of nitrogens with one attached hydrogen (secondary N) is 2. The highest BCUT2D eigenvalue weighted by Crippen LogP contribution is 2.21. The van der Waals surface area contributed by atoms with Crippen molar-refractivity contribution in [2.75, 3.05) is 5.32 Å². The molecule has 0 saturated heterocycles. The lowest BCUT2D eigenvalue weighted by molar-refractivity contribution is 0.0636. The molecule has 0 radical (unpaired) electrons. The summed E-state index contributed by atoms with van der Waals surface area (Å²) in [6.07, 6.45) is 1.03. The van der Waals surface area contributed by atoms with Crippen LogP contribution in [0.3, 0.4) is 0 Å². The van der Waals surface area contributed by atoms with Crippen molar-refractivity contribution in [1.29, 1.82) is 0 Å². The Labute approximate surface area is 110 Å². The van der Waals surface area contributed by atoms with Crippen molar-refractivity contribution in [2.45, 2.75) is 33.3 Å². The third-order valence-corrected chi connectivity index (χ3v) is 2.85. The number of hydrogen-bond donors (Lipinski definition) is 2. The van der Waals surface area contributed by atoms with Gasteiger partial charge in [-0.15, -0.1) is 0 Å². The summed E-state index contributed by atoms with van der Waals surface area (Å²) in [4.78, 5) is 14.4. The standard InChI is InChI=1S/C11H15ClN2O2S/c1-6-8(12)9(17)7(5-13-6)14-10(15)16-11(2,3)4/h5H,1-4H3,(H,13,17)(H,14,15). The van der Waals surface area contributed by atoms with E-state index in [9.17, 15) is 4.79 Å². The first kappa shape index (κ1) is 14.0. The molecule has 0 spiro atoms. The van der Waals surface area contributed by atoms with Crippen LogP contribution in [0.5, 0.6) is 0 Å². The summed E-state index contributed by atoms with van der Waals surface area (Å²) >= 11 is 11.1. The summed E-state index contributed by atoms with van der Waals surface area (Å²) in [6.45, 7) is 7.16. The third-order valence-electron chi connectivity index (χ3n) is 1.84. The number of H-pyrrole nitrogens is 1. The molecule has 1 amide bonds. The second-order valence-corrected chi connectivity index (χ2v) is 5.38. The molecule has 0 unspecified atom stereocenters. The van der Waals surface area contributed by atoms with E-state index in [4.69, 9.17) is 28.6 Å². The van der Waals surface area contributed by atoms with Crippen molar-refractivity contribution in [3.8, 4) is 0 Å². The Bertz CT molecular complexity index is 491. The fourth-order valence-electron chi connectivity index (χ4n) is 1.10. The molecule has 0 saturated carbocycles. The maximum absolute atomic E-state index is 11.5. The first-order chi connectivity index (χ1) is 7.70. The van der Waals surface area contributed by atoms with E-state index >= 15 is 0 Å². The Morgan fingerprint density at radius 3 is 2.65 bits per heavy atom. The van der Waals surface area contributed by atoms with E-state index in [-0.39, 0.29) is 0 Å². The monoisotopic (exact) mass is 274 g/mol. The van der Waals surface area contributed by atoms with Gasteiger partial charge in [-0.25, -0.2) is 4.79 Å². The number of halogens is 1. The molecule has 0 atom stereocenters. The van der Waals surface area contributed by atoms with Crippen molar-refractivity contribution in [3.05, 3.63) is 21.4 Å². The Kier molecular flexibility index (Phi) is 4.16. The van der Waals surface area contributed by atoms with Gasteiger partial charge in [0.25, 0.3) is 0 Å². The number of hydrogen-bond acceptors (Lipinski definition) is 3. The number of aromatic nitrogens is 1. The highest BCUT2D eigenvalue weighted by Gasteiger charge is 2.17. The molecule has 0 fully saturated rings. The van der Waals surface area contributed by atoms with E-state index in [1.165, 1.54) is 0 Å². The molecule has 0 aliphatic rings. The van der Waals surface area contributed by atoms with Crippen molar-refractivity contribution < 1.29 is 9.53 Å². The number of carbonyl (C=O) groups is 1. The molecule has 1 aromatic rings. The van der Waals surface area contributed by atoms with Crippen molar-refractivity contribution in [2.24, 2.45) is 0 Å². The van der Waals surface area contributed by atoms with Gasteiger partial charge in [0, 0.05) is 11.9 Å². The lowest BCUT2D eigenvalue weighted by Crippen LogP contribution is -2.27. The van der Waals surface area contributed by atoms with Gasteiger partial charge in [-0.2, -0.15) is 0 Å². The van der Waals surface area contributed by atoms with Crippen LogP contribution in [0, 0.1) is 11.4 Å². The Hall–Kier alpha value is -1.07. The largest absolute Gasteiger partial charge is 0.444 e. The number of anilines is 1. The van der Waals surface area contributed by atoms with E-state index < -0.39 is 11.7 Å². The van der Waals surface area contributed by atoms with Crippen LogP contribution in [0.15, 0.2) is 6.20 Å². The molecule has 17 heavy (non-hydrogen) atoms. The van der Waals surface area contributed by atoms with Gasteiger partial charge in [-0.3, -0.25) is 5.32 Å². The van der Waals surface area contributed by atoms with Crippen LogP contribution in [-0.2, 0) is 4.74 Å². The number of ether oxygens (including phenoxy) is 1. The van der Waals surface area contributed by atoms with Crippen LogP contribution in [0.4, 0.5) is 10.5 Å². The molecule has 2 N–H and O–H groups in total. The molecular formula is C11H15ClN2O2S. The summed E-state index contributed by atoms with van der Waals surface area (Å²) < 4.78 is 5.51. The van der Waals surface area contributed by atoms with Crippen molar-refractivity contribution >= 4 is 35.6 Å². The average molecular weight is 275 g/mol. The molecule has 4 nitrogen and oxygen atoms in total. The fraction of sp³-hybridized carbons (Fsp3) is 0.455. The Balaban J connectivity index is 2.87. The zero-order chi connectivity index (χ0) is 13.2. The first-order valence-electron chi connectivity index (χ1n) is 5.08. The quantitative estimate of drug-likeness (QED) is 0.760. The molecular weight excluding hydrogens is 260 g/mol. The molecule has 1 heterocycles. The van der Waals surface area contributed by atoms with Crippen LogP contribution in [-0.4, -0.2) is 16.7 Å². The summed E-state index contributed by atoms with van der Waals surface area (Å²) in [6, 6.07) is 0. The van der Waals surface area contributed by atoms with Gasteiger partial charge in [-0.1, -0.05) is 23.8 Å². The molecule has 1 rings (SSSR count). The van der Waals surface area contributed by atoms with Crippen molar-refractivity contribution in [3.63, 3.8) is 0 Å². The zero-order valence-electron chi connectivity index (χ0n) is 10.2. The smallest absolute Gasteiger partial charge is 0.412 e. The topological polar surface area (TPSA) is 54.1 Å². The van der Waals surface area contributed by atoms with Crippen molar-refractivity contribution in [1.82, 2.24) is 4.98 Å². The van der Waals surface area contributed by atoms with E-state index in [1.54, 1.807) is 33.9 Å². The van der Waals surface area contributed by atoms with Gasteiger partial charge in [0.15, 0.2) is 0 Å². The van der Waals surface area contributed by atoms with Gasteiger partial charge < -0.3 is 9.72 Å². The zero-order valence-corrected chi connectivity index (χ0v) is 11.8. The van der Waals surface area contributed by atoms with E-state index in [1.807, 2.05) is 0 Å². The van der Waals surface area contributed by atoms with Crippen LogP contribution >= 0.6 is 23.8 Å². The summed E-state index contributed by atoms with van der Waals surface area (Å²) in [7, 11) is 0. The summed E-state index contributed by atoms with van der Waals surface area (Å²) in [5.74, 6) is 0. The first-order valence-corrected chi connectivity index (χ1v) is 5.87. The number of pyridine rings is 1. The average Bonchev–Trinajstić information content (AvgIpc) is 2.16. The van der Waals surface area contributed by atoms with E-state index in [0.717, 1.165) is 5.69 Å². The van der Waals surface area contributed by atoms with E-state index in [2.05, 4.69) is 10.3 Å². The van der Waals surface area contributed by atoms with Crippen LogP contribution in [0.25, 0.3) is 0 Å². The molecule has 0 bridgehead atoms. The maximum atomic E-state index is 11.5. The lowest BCUT2D eigenvalue weighted by Gasteiger charge is -2.19. The second-order valence-electron chi connectivity index (χ2n) is 4.60. The highest BCUT2D eigenvalue weighted by atomic mass is 35.5. The minimum atomic E-state index is -0.558. The van der Waals surface area contributed by atoms with Crippen LogP contribution < -0.4 is 5.32 Å². The Morgan fingerprint density at radius 1 is 1.53 bits per heavy atom. The molecule has 1 aromatic heterocycles. The number of aromatic amines is 1. The number of rotatable bonds is 1. The number of carbonyl (C=O) groups excluding carboxylic acids is 1. The van der Waals surface area contributed by atoms with Gasteiger partial charge in [0.05, 0.1) is 15.2 Å². The lowest BCUT2D eigenvalue weighted by atomic mass is 10.2. The molecule has 0 aliphatic carbocycles. The minimum Gasteiger partial charge on any atom is -0.444 e. The summed E-state index contributed by atoms with van der Waals surface area (Å²) in [5, 5.41) is 2.98.